The highest BCUT2D eigenvalue weighted by atomic mass is 35.5. The number of rotatable bonds is 5. The highest BCUT2D eigenvalue weighted by Crippen LogP contribution is 2.51. The minimum Gasteiger partial charge on any atom is -0.312 e. The van der Waals surface area contributed by atoms with Crippen molar-refractivity contribution >= 4 is 11.6 Å². The Morgan fingerprint density at radius 2 is 2.12 bits per heavy atom. The summed E-state index contributed by atoms with van der Waals surface area (Å²) in [7, 11) is 0. The van der Waals surface area contributed by atoms with E-state index < -0.39 is 0 Å². The molecule has 1 saturated carbocycles. The van der Waals surface area contributed by atoms with Crippen molar-refractivity contribution < 1.29 is 4.39 Å². The van der Waals surface area contributed by atoms with Crippen LogP contribution in [0.25, 0.3) is 0 Å². The molecule has 2 rings (SSSR count). The second-order valence-corrected chi connectivity index (χ2v) is 5.71. The van der Waals surface area contributed by atoms with E-state index in [2.05, 4.69) is 19.2 Å². The molecule has 0 aliphatic heterocycles. The zero-order valence-corrected chi connectivity index (χ0v) is 11.1. The lowest BCUT2D eigenvalue weighted by Crippen LogP contribution is -2.27. The molecule has 1 aliphatic carbocycles. The number of hydrogen-bond acceptors (Lipinski definition) is 1. The van der Waals surface area contributed by atoms with Crippen LogP contribution in [-0.4, -0.2) is 6.54 Å². The maximum absolute atomic E-state index is 13.2. The van der Waals surface area contributed by atoms with Crippen molar-refractivity contribution in [2.75, 3.05) is 6.54 Å². The third-order valence-corrected chi connectivity index (χ3v) is 4.36. The summed E-state index contributed by atoms with van der Waals surface area (Å²) in [6, 6.07) is 4.96. The van der Waals surface area contributed by atoms with E-state index in [9.17, 15) is 4.39 Å². The summed E-state index contributed by atoms with van der Waals surface area (Å²) in [6.45, 7) is 6.18. The molecule has 1 aliphatic rings. The van der Waals surface area contributed by atoms with Crippen molar-refractivity contribution in [2.45, 2.75) is 33.2 Å². The Bertz CT molecular complexity index is 399. The van der Waals surface area contributed by atoms with Crippen LogP contribution in [0.4, 0.5) is 4.39 Å². The van der Waals surface area contributed by atoms with Crippen LogP contribution in [0.2, 0.25) is 5.02 Å². The standard InChI is InChI=1S/C14H19ClFN/c1-10(2)14(6-7-14)9-17-8-11-4-3-5-12(16)13(11)15/h3-5,10,17H,6-9H2,1-2H3. The van der Waals surface area contributed by atoms with Crippen LogP contribution >= 0.6 is 11.6 Å². The Hall–Kier alpha value is -0.600. The Kier molecular flexibility index (Phi) is 3.74. The molecule has 0 radical (unpaired) electrons. The van der Waals surface area contributed by atoms with Gasteiger partial charge in [0.15, 0.2) is 0 Å². The van der Waals surface area contributed by atoms with Gasteiger partial charge < -0.3 is 5.32 Å². The summed E-state index contributed by atoms with van der Waals surface area (Å²) in [5, 5.41) is 3.65. The van der Waals surface area contributed by atoms with Gasteiger partial charge in [-0.2, -0.15) is 0 Å². The Morgan fingerprint density at radius 3 is 2.71 bits per heavy atom. The first-order valence-corrected chi connectivity index (χ1v) is 6.56. The summed E-state index contributed by atoms with van der Waals surface area (Å²) in [4.78, 5) is 0. The van der Waals surface area contributed by atoms with Crippen LogP contribution in [0.1, 0.15) is 32.3 Å². The lowest BCUT2D eigenvalue weighted by Gasteiger charge is -2.20. The normalized spacial score (nSPS) is 17.5. The fourth-order valence-corrected chi connectivity index (χ4v) is 2.44. The fraction of sp³-hybridized carbons (Fsp3) is 0.571. The van der Waals surface area contributed by atoms with Gasteiger partial charge in [-0.25, -0.2) is 4.39 Å². The first-order chi connectivity index (χ1) is 8.05. The Labute approximate surface area is 107 Å². The maximum atomic E-state index is 13.2. The van der Waals surface area contributed by atoms with Crippen LogP contribution in [0.15, 0.2) is 18.2 Å². The summed E-state index contributed by atoms with van der Waals surface area (Å²) < 4.78 is 13.2. The zero-order chi connectivity index (χ0) is 12.5. The molecule has 1 aromatic rings. The van der Waals surface area contributed by atoms with E-state index in [-0.39, 0.29) is 10.8 Å². The monoisotopic (exact) mass is 255 g/mol. The summed E-state index contributed by atoms with van der Waals surface area (Å²) >= 11 is 5.91. The predicted molar refractivity (Wildman–Crippen MR) is 69.6 cm³/mol. The Balaban J connectivity index is 1.89. The van der Waals surface area contributed by atoms with Gasteiger partial charge in [-0.05, 0) is 35.8 Å². The molecule has 1 nitrogen and oxygen atoms in total. The van der Waals surface area contributed by atoms with Crippen molar-refractivity contribution in [2.24, 2.45) is 11.3 Å². The van der Waals surface area contributed by atoms with Crippen LogP contribution in [0.3, 0.4) is 0 Å². The van der Waals surface area contributed by atoms with Gasteiger partial charge in [0, 0.05) is 13.1 Å². The van der Waals surface area contributed by atoms with Crippen molar-refractivity contribution in [1.82, 2.24) is 5.32 Å². The van der Waals surface area contributed by atoms with Gasteiger partial charge in [0.25, 0.3) is 0 Å². The molecule has 1 fully saturated rings. The average Bonchev–Trinajstić information content (AvgIpc) is 3.05. The molecule has 1 aromatic carbocycles. The lowest BCUT2D eigenvalue weighted by molar-refractivity contribution is 0.338. The number of hydrogen-bond donors (Lipinski definition) is 1. The van der Waals surface area contributed by atoms with Crippen molar-refractivity contribution in [3.8, 4) is 0 Å². The van der Waals surface area contributed by atoms with Crippen LogP contribution in [-0.2, 0) is 6.54 Å². The van der Waals surface area contributed by atoms with Gasteiger partial charge in [-0.15, -0.1) is 0 Å². The molecule has 0 atom stereocenters. The Morgan fingerprint density at radius 1 is 1.41 bits per heavy atom. The van der Waals surface area contributed by atoms with Crippen molar-refractivity contribution in [3.63, 3.8) is 0 Å². The van der Waals surface area contributed by atoms with E-state index in [0.717, 1.165) is 12.1 Å². The SMILES string of the molecule is CC(C)C1(CNCc2cccc(F)c2Cl)CC1. The smallest absolute Gasteiger partial charge is 0.142 e. The topological polar surface area (TPSA) is 12.0 Å². The molecule has 0 unspecified atom stereocenters. The summed E-state index contributed by atoms with van der Waals surface area (Å²) in [5.74, 6) is 0.369. The second kappa shape index (κ2) is 4.95. The molecule has 0 aromatic heterocycles. The molecule has 0 heterocycles. The molecule has 94 valence electrons. The number of nitrogens with one attached hydrogen (secondary N) is 1. The molecule has 1 N–H and O–H groups in total. The van der Waals surface area contributed by atoms with Crippen molar-refractivity contribution in [1.29, 1.82) is 0 Å². The minimum atomic E-state index is -0.337. The number of halogens is 2. The van der Waals surface area contributed by atoms with Crippen LogP contribution in [0.5, 0.6) is 0 Å². The van der Waals surface area contributed by atoms with E-state index in [1.165, 1.54) is 18.9 Å². The zero-order valence-electron chi connectivity index (χ0n) is 10.4. The molecule has 17 heavy (non-hydrogen) atoms. The molecule has 0 bridgehead atoms. The first-order valence-electron chi connectivity index (χ1n) is 6.19. The summed E-state index contributed by atoms with van der Waals surface area (Å²) in [6.07, 6.45) is 2.60. The van der Waals surface area contributed by atoms with Crippen LogP contribution in [0, 0.1) is 17.2 Å². The predicted octanol–water partition coefficient (Wildman–Crippen LogP) is 4.00. The van der Waals surface area contributed by atoms with Gasteiger partial charge in [0.2, 0.25) is 0 Å². The van der Waals surface area contributed by atoms with Gasteiger partial charge in [-0.1, -0.05) is 37.6 Å². The summed E-state index contributed by atoms with van der Waals surface area (Å²) in [5.41, 5.74) is 1.31. The molecule has 0 saturated heterocycles. The minimum absolute atomic E-state index is 0.245. The lowest BCUT2D eigenvalue weighted by atomic mass is 9.92. The third-order valence-electron chi connectivity index (χ3n) is 3.94. The number of benzene rings is 1. The quantitative estimate of drug-likeness (QED) is 0.839. The van der Waals surface area contributed by atoms with Crippen molar-refractivity contribution in [3.05, 3.63) is 34.6 Å². The highest BCUT2D eigenvalue weighted by molar-refractivity contribution is 6.31. The van der Waals surface area contributed by atoms with Gasteiger partial charge in [0.1, 0.15) is 5.82 Å². The molecule has 3 heteroatoms. The highest BCUT2D eigenvalue weighted by Gasteiger charge is 2.44. The second-order valence-electron chi connectivity index (χ2n) is 5.33. The largest absolute Gasteiger partial charge is 0.312 e. The van der Waals surface area contributed by atoms with E-state index in [1.807, 2.05) is 6.07 Å². The van der Waals surface area contributed by atoms with Gasteiger partial charge in [0.05, 0.1) is 5.02 Å². The van der Waals surface area contributed by atoms with Gasteiger partial charge >= 0.3 is 0 Å². The van der Waals surface area contributed by atoms with Crippen LogP contribution < -0.4 is 5.32 Å². The third kappa shape index (κ3) is 2.80. The fourth-order valence-electron chi connectivity index (χ4n) is 2.25. The van der Waals surface area contributed by atoms with E-state index >= 15 is 0 Å². The molecule has 0 amide bonds. The van der Waals surface area contributed by atoms with Gasteiger partial charge in [-0.3, -0.25) is 0 Å². The maximum Gasteiger partial charge on any atom is 0.142 e. The molecular weight excluding hydrogens is 237 g/mol. The average molecular weight is 256 g/mol. The first kappa shape index (κ1) is 12.8. The molecular formula is C14H19ClFN. The molecule has 0 spiro atoms. The van der Waals surface area contributed by atoms with E-state index in [1.54, 1.807) is 6.07 Å². The van der Waals surface area contributed by atoms with E-state index in [4.69, 9.17) is 11.6 Å². The van der Waals surface area contributed by atoms with E-state index in [0.29, 0.717) is 17.9 Å².